The Kier molecular flexibility index (Phi) is 6.31. The highest BCUT2D eigenvalue weighted by atomic mass is 16.5. The Balaban J connectivity index is 1.63. The summed E-state index contributed by atoms with van der Waals surface area (Å²) >= 11 is 0. The predicted octanol–water partition coefficient (Wildman–Crippen LogP) is 5.45. The van der Waals surface area contributed by atoms with Gasteiger partial charge in [0, 0.05) is 35.2 Å². The number of carbonyl (C=O) groups is 1. The lowest BCUT2D eigenvalue weighted by molar-refractivity contribution is 0.252. The van der Waals surface area contributed by atoms with Crippen molar-refractivity contribution in [2.75, 3.05) is 26.1 Å². The van der Waals surface area contributed by atoms with Crippen molar-refractivity contribution < 1.29 is 14.3 Å². The number of ether oxygens (including phenoxy) is 2. The van der Waals surface area contributed by atoms with Crippen LogP contribution in [0.5, 0.6) is 11.5 Å². The van der Waals surface area contributed by atoms with Crippen molar-refractivity contribution in [3.05, 3.63) is 89.6 Å². The zero-order valence-corrected chi connectivity index (χ0v) is 18.4. The Labute approximate surface area is 187 Å². The zero-order chi connectivity index (χ0) is 22.5. The first kappa shape index (κ1) is 21.3. The third kappa shape index (κ3) is 4.54. The number of anilines is 1. The zero-order valence-electron chi connectivity index (χ0n) is 18.4. The second kappa shape index (κ2) is 9.47. The van der Waals surface area contributed by atoms with Crippen LogP contribution in [-0.4, -0.2) is 31.8 Å². The van der Waals surface area contributed by atoms with Crippen molar-refractivity contribution in [3.63, 3.8) is 0 Å². The molecule has 0 aliphatic carbocycles. The minimum atomic E-state index is -0.249. The van der Waals surface area contributed by atoms with Gasteiger partial charge in [-0.15, -0.1) is 0 Å². The molecule has 0 radical (unpaired) electrons. The van der Waals surface area contributed by atoms with E-state index in [2.05, 4.69) is 21.7 Å². The average Bonchev–Trinajstić information content (AvgIpc) is 3.23. The lowest BCUT2D eigenvalue weighted by Crippen LogP contribution is -2.32. The number of amides is 2. The van der Waals surface area contributed by atoms with Crippen LogP contribution < -0.4 is 20.1 Å². The maximum atomic E-state index is 12.6. The van der Waals surface area contributed by atoms with Crippen LogP contribution in [0.1, 0.15) is 22.6 Å². The van der Waals surface area contributed by atoms with Gasteiger partial charge in [-0.1, -0.05) is 36.4 Å². The minimum absolute atomic E-state index is 0.0887. The summed E-state index contributed by atoms with van der Waals surface area (Å²) in [6, 6.07) is 21.5. The van der Waals surface area contributed by atoms with Crippen molar-refractivity contribution in [1.29, 1.82) is 0 Å². The molecule has 0 aliphatic rings. The SMILES string of the molecule is COc1ccc([C@@H](CNC(=O)Nc2cccc(C)c2)c2c[nH]c3ccccc23)cc1OC. The maximum Gasteiger partial charge on any atom is 0.319 e. The number of carbonyl (C=O) groups excluding carboxylic acids is 1. The monoisotopic (exact) mass is 429 g/mol. The van der Waals surface area contributed by atoms with Gasteiger partial charge >= 0.3 is 6.03 Å². The quantitative estimate of drug-likeness (QED) is 0.366. The first-order valence-corrected chi connectivity index (χ1v) is 10.5. The van der Waals surface area contributed by atoms with Gasteiger partial charge in [-0.2, -0.15) is 0 Å². The predicted molar refractivity (Wildman–Crippen MR) is 128 cm³/mol. The standard InChI is InChI=1S/C26H27N3O3/c1-17-7-6-8-19(13-17)29-26(30)28-15-21(18-11-12-24(31-2)25(14-18)32-3)22-16-27-23-10-5-4-9-20(22)23/h4-14,16,21,27H,15H2,1-3H3,(H2,28,29,30)/t21-/m1/s1. The summed E-state index contributed by atoms with van der Waals surface area (Å²) in [6.45, 7) is 2.40. The van der Waals surface area contributed by atoms with Crippen LogP contribution in [0.4, 0.5) is 10.5 Å². The summed E-state index contributed by atoms with van der Waals surface area (Å²) in [7, 11) is 3.24. The molecule has 2 amide bonds. The fourth-order valence-corrected chi connectivity index (χ4v) is 3.95. The van der Waals surface area contributed by atoms with Gasteiger partial charge in [-0.3, -0.25) is 0 Å². The lowest BCUT2D eigenvalue weighted by atomic mass is 9.90. The Morgan fingerprint density at radius 3 is 2.56 bits per heavy atom. The number of para-hydroxylation sites is 1. The number of urea groups is 1. The summed E-state index contributed by atoms with van der Waals surface area (Å²) in [4.78, 5) is 16.0. The van der Waals surface area contributed by atoms with E-state index in [0.717, 1.165) is 33.3 Å². The summed E-state index contributed by atoms with van der Waals surface area (Å²) in [5.41, 5.74) is 5.02. The molecule has 0 spiro atoms. The van der Waals surface area contributed by atoms with Gasteiger partial charge in [-0.25, -0.2) is 4.79 Å². The fraction of sp³-hybridized carbons (Fsp3) is 0.192. The number of fused-ring (bicyclic) bond motifs is 1. The van der Waals surface area contributed by atoms with E-state index in [1.807, 2.05) is 73.8 Å². The van der Waals surface area contributed by atoms with E-state index in [0.29, 0.717) is 18.0 Å². The van der Waals surface area contributed by atoms with Crippen LogP contribution in [0.15, 0.2) is 72.9 Å². The van der Waals surface area contributed by atoms with Crippen LogP contribution in [0.3, 0.4) is 0 Å². The molecule has 164 valence electrons. The molecule has 3 N–H and O–H groups in total. The van der Waals surface area contributed by atoms with Crippen molar-refractivity contribution in [3.8, 4) is 11.5 Å². The van der Waals surface area contributed by atoms with E-state index in [4.69, 9.17) is 9.47 Å². The normalized spacial score (nSPS) is 11.7. The molecular weight excluding hydrogens is 402 g/mol. The highest BCUT2D eigenvalue weighted by Gasteiger charge is 2.21. The molecule has 0 saturated heterocycles. The first-order valence-electron chi connectivity index (χ1n) is 10.5. The number of H-pyrrole nitrogens is 1. The number of hydrogen-bond acceptors (Lipinski definition) is 3. The van der Waals surface area contributed by atoms with Crippen LogP contribution >= 0.6 is 0 Å². The summed E-state index contributed by atoms with van der Waals surface area (Å²) in [6.07, 6.45) is 2.01. The Hall–Kier alpha value is -3.93. The molecule has 3 aromatic carbocycles. The molecular formula is C26H27N3O3. The topological polar surface area (TPSA) is 75.4 Å². The number of rotatable bonds is 7. The molecule has 0 aliphatic heterocycles. The van der Waals surface area contributed by atoms with Gasteiger partial charge in [0.15, 0.2) is 11.5 Å². The van der Waals surface area contributed by atoms with E-state index < -0.39 is 0 Å². The van der Waals surface area contributed by atoms with E-state index in [-0.39, 0.29) is 11.9 Å². The first-order chi connectivity index (χ1) is 15.6. The molecule has 0 fully saturated rings. The molecule has 1 atom stereocenters. The van der Waals surface area contributed by atoms with Gasteiger partial charge in [0.05, 0.1) is 14.2 Å². The molecule has 6 heteroatoms. The molecule has 4 aromatic rings. The maximum absolute atomic E-state index is 12.6. The van der Waals surface area contributed by atoms with Crippen LogP contribution in [0, 0.1) is 6.92 Å². The van der Waals surface area contributed by atoms with Gasteiger partial charge in [0.2, 0.25) is 0 Å². The van der Waals surface area contributed by atoms with Crippen LogP contribution in [-0.2, 0) is 0 Å². The number of benzene rings is 3. The second-order valence-corrected chi connectivity index (χ2v) is 7.66. The molecule has 32 heavy (non-hydrogen) atoms. The number of nitrogens with one attached hydrogen (secondary N) is 3. The number of aromatic nitrogens is 1. The van der Waals surface area contributed by atoms with Crippen molar-refractivity contribution >= 4 is 22.6 Å². The smallest absolute Gasteiger partial charge is 0.319 e. The number of aryl methyl sites for hydroxylation is 1. The van der Waals surface area contributed by atoms with Crippen molar-refractivity contribution in [2.45, 2.75) is 12.8 Å². The minimum Gasteiger partial charge on any atom is -0.493 e. The van der Waals surface area contributed by atoms with Gasteiger partial charge < -0.3 is 25.1 Å². The van der Waals surface area contributed by atoms with Crippen molar-refractivity contribution in [2.24, 2.45) is 0 Å². The molecule has 6 nitrogen and oxygen atoms in total. The number of aromatic amines is 1. The molecule has 4 rings (SSSR count). The molecule has 1 heterocycles. The fourth-order valence-electron chi connectivity index (χ4n) is 3.95. The Morgan fingerprint density at radius 2 is 1.78 bits per heavy atom. The third-order valence-corrected chi connectivity index (χ3v) is 5.55. The van der Waals surface area contributed by atoms with Crippen molar-refractivity contribution in [1.82, 2.24) is 10.3 Å². The summed E-state index contributed by atoms with van der Waals surface area (Å²) < 4.78 is 10.9. The van der Waals surface area contributed by atoms with Gasteiger partial charge in [0.25, 0.3) is 0 Å². The number of hydrogen-bond donors (Lipinski definition) is 3. The molecule has 0 bridgehead atoms. The summed E-state index contributed by atoms with van der Waals surface area (Å²) in [5, 5.41) is 7.06. The highest BCUT2D eigenvalue weighted by molar-refractivity contribution is 5.89. The van der Waals surface area contributed by atoms with E-state index in [1.54, 1.807) is 14.2 Å². The van der Waals surface area contributed by atoms with Gasteiger partial charge in [0.1, 0.15) is 0 Å². The second-order valence-electron chi connectivity index (χ2n) is 7.66. The van der Waals surface area contributed by atoms with Crippen LogP contribution in [0.2, 0.25) is 0 Å². The Bertz CT molecular complexity index is 1230. The lowest BCUT2D eigenvalue weighted by Gasteiger charge is -2.20. The largest absolute Gasteiger partial charge is 0.493 e. The van der Waals surface area contributed by atoms with E-state index in [1.165, 1.54) is 0 Å². The average molecular weight is 430 g/mol. The van der Waals surface area contributed by atoms with Crippen LogP contribution in [0.25, 0.3) is 10.9 Å². The molecule has 0 unspecified atom stereocenters. The number of methoxy groups -OCH3 is 2. The molecule has 0 saturated carbocycles. The van der Waals surface area contributed by atoms with E-state index >= 15 is 0 Å². The molecule has 1 aromatic heterocycles. The highest BCUT2D eigenvalue weighted by Crippen LogP contribution is 2.35. The third-order valence-electron chi connectivity index (χ3n) is 5.55. The Morgan fingerprint density at radius 1 is 0.969 bits per heavy atom. The van der Waals surface area contributed by atoms with E-state index in [9.17, 15) is 4.79 Å². The summed E-state index contributed by atoms with van der Waals surface area (Å²) in [5.74, 6) is 1.23. The van der Waals surface area contributed by atoms with Gasteiger partial charge in [-0.05, 0) is 53.9 Å².